The second kappa shape index (κ2) is 6.24. The average Bonchev–Trinajstić information content (AvgIpc) is 2.60. The molecule has 3 heterocycles. The molecule has 1 fully saturated rings. The van der Waals surface area contributed by atoms with Crippen molar-refractivity contribution in [3.63, 3.8) is 0 Å². The van der Waals surface area contributed by atoms with Crippen LogP contribution in [0.5, 0.6) is 0 Å². The number of nitro groups is 1. The van der Waals surface area contributed by atoms with Gasteiger partial charge in [-0.05, 0) is 6.07 Å². The van der Waals surface area contributed by atoms with Crippen molar-refractivity contribution in [2.24, 2.45) is 0 Å². The van der Waals surface area contributed by atoms with Gasteiger partial charge in [0.2, 0.25) is 0 Å². The summed E-state index contributed by atoms with van der Waals surface area (Å²) in [4.78, 5) is 32.9. The summed E-state index contributed by atoms with van der Waals surface area (Å²) < 4.78 is 0. The predicted octanol–water partition coefficient (Wildman–Crippen LogP) is 0.699. The van der Waals surface area contributed by atoms with E-state index in [2.05, 4.69) is 9.97 Å². The first kappa shape index (κ1) is 15.9. The summed E-state index contributed by atoms with van der Waals surface area (Å²) in [6.45, 7) is 0.172. The van der Waals surface area contributed by atoms with Crippen LogP contribution in [0.15, 0.2) is 24.7 Å². The summed E-state index contributed by atoms with van der Waals surface area (Å²) in [6, 6.07) is 1.05. The SMILES string of the molecule is O=C(O)N1CCN(c2c([N+](=O)[O-])cnc3cnccc23)C(CO)C1. The number of aliphatic hydroxyl groups excluding tert-OH is 1. The minimum absolute atomic E-state index is 0.0673. The van der Waals surface area contributed by atoms with Crippen LogP contribution in [-0.2, 0) is 0 Å². The van der Waals surface area contributed by atoms with Gasteiger partial charge in [-0.1, -0.05) is 0 Å². The van der Waals surface area contributed by atoms with Gasteiger partial charge in [-0.15, -0.1) is 0 Å². The number of amides is 1. The number of aromatic nitrogens is 2. The normalized spacial score (nSPS) is 18.0. The summed E-state index contributed by atoms with van der Waals surface area (Å²) in [5.41, 5.74) is 0.642. The Morgan fingerprint density at radius 1 is 1.42 bits per heavy atom. The second-order valence-corrected chi connectivity index (χ2v) is 5.40. The zero-order valence-electron chi connectivity index (χ0n) is 12.6. The van der Waals surface area contributed by atoms with Gasteiger partial charge < -0.3 is 20.0 Å². The van der Waals surface area contributed by atoms with Gasteiger partial charge in [0.05, 0.1) is 29.3 Å². The lowest BCUT2D eigenvalue weighted by molar-refractivity contribution is -0.384. The smallest absolute Gasteiger partial charge is 0.407 e. The Morgan fingerprint density at radius 2 is 2.21 bits per heavy atom. The van der Waals surface area contributed by atoms with Crippen LogP contribution in [0.2, 0.25) is 0 Å². The number of nitrogens with zero attached hydrogens (tertiary/aromatic N) is 5. The molecule has 10 nitrogen and oxygen atoms in total. The lowest BCUT2D eigenvalue weighted by Crippen LogP contribution is -2.56. The number of carboxylic acid groups (broad SMARTS) is 1. The van der Waals surface area contributed by atoms with Crippen molar-refractivity contribution in [3.8, 4) is 0 Å². The molecule has 24 heavy (non-hydrogen) atoms. The summed E-state index contributed by atoms with van der Waals surface area (Å²) >= 11 is 0. The zero-order chi connectivity index (χ0) is 17.3. The van der Waals surface area contributed by atoms with Crippen molar-refractivity contribution in [2.45, 2.75) is 6.04 Å². The van der Waals surface area contributed by atoms with E-state index in [0.717, 1.165) is 6.20 Å². The van der Waals surface area contributed by atoms with Gasteiger partial charge in [0, 0.05) is 31.2 Å². The van der Waals surface area contributed by atoms with Gasteiger partial charge in [-0.25, -0.2) is 9.78 Å². The van der Waals surface area contributed by atoms with Gasteiger partial charge in [0.1, 0.15) is 11.9 Å². The highest BCUT2D eigenvalue weighted by molar-refractivity contribution is 5.96. The third-order valence-corrected chi connectivity index (χ3v) is 4.07. The van der Waals surface area contributed by atoms with Gasteiger partial charge in [-0.3, -0.25) is 15.1 Å². The summed E-state index contributed by atoms with van der Waals surface area (Å²) in [5.74, 6) is 0. The summed E-state index contributed by atoms with van der Waals surface area (Å²) in [6.07, 6.45) is 3.10. The first-order chi connectivity index (χ1) is 11.5. The quantitative estimate of drug-likeness (QED) is 0.619. The molecule has 1 aliphatic heterocycles. The van der Waals surface area contributed by atoms with Crippen molar-refractivity contribution >= 4 is 28.4 Å². The van der Waals surface area contributed by atoms with E-state index < -0.39 is 17.1 Å². The molecule has 0 radical (unpaired) electrons. The van der Waals surface area contributed by atoms with Crippen LogP contribution in [0.4, 0.5) is 16.2 Å². The fraction of sp³-hybridized carbons (Fsp3) is 0.357. The van der Waals surface area contributed by atoms with Crippen molar-refractivity contribution in [2.75, 3.05) is 31.1 Å². The number of carbonyl (C=O) groups is 1. The number of hydrogen-bond donors (Lipinski definition) is 2. The highest BCUT2D eigenvalue weighted by Gasteiger charge is 2.34. The zero-order valence-corrected chi connectivity index (χ0v) is 12.6. The Bertz CT molecular complexity index is 798. The standard InChI is InChI=1S/C14H15N5O5/c20-8-9-7-17(14(21)22)3-4-18(9)13-10-1-2-15-5-11(10)16-6-12(13)19(23)24/h1-2,5-6,9,20H,3-4,7-8H2,(H,21,22). The van der Waals surface area contributed by atoms with E-state index >= 15 is 0 Å². The second-order valence-electron chi connectivity index (χ2n) is 5.40. The van der Waals surface area contributed by atoms with E-state index in [1.165, 1.54) is 17.3 Å². The third kappa shape index (κ3) is 2.67. The van der Waals surface area contributed by atoms with Crippen LogP contribution in [0.25, 0.3) is 10.9 Å². The number of fused-ring (bicyclic) bond motifs is 1. The molecule has 2 aromatic heterocycles. The maximum absolute atomic E-state index is 11.4. The van der Waals surface area contributed by atoms with E-state index in [0.29, 0.717) is 16.6 Å². The molecule has 0 aliphatic carbocycles. The average molecular weight is 333 g/mol. The van der Waals surface area contributed by atoms with Crippen LogP contribution in [0.1, 0.15) is 0 Å². The minimum atomic E-state index is -1.08. The molecule has 0 bridgehead atoms. The number of aliphatic hydroxyl groups is 1. The third-order valence-electron chi connectivity index (χ3n) is 4.07. The topological polar surface area (TPSA) is 133 Å². The van der Waals surface area contributed by atoms with E-state index in [4.69, 9.17) is 5.11 Å². The Morgan fingerprint density at radius 3 is 2.88 bits per heavy atom. The van der Waals surface area contributed by atoms with Gasteiger partial charge >= 0.3 is 11.8 Å². The van der Waals surface area contributed by atoms with Crippen LogP contribution in [-0.4, -0.2) is 68.4 Å². The van der Waals surface area contributed by atoms with Crippen molar-refractivity contribution < 1.29 is 19.9 Å². The maximum atomic E-state index is 11.4. The molecule has 3 rings (SSSR count). The molecule has 1 atom stereocenters. The fourth-order valence-electron chi connectivity index (χ4n) is 2.93. The highest BCUT2D eigenvalue weighted by atomic mass is 16.6. The number of rotatable bonds is 3. The number of piperazine rings is 1. The minimum Gasteiger partial charge on any atom is -0.465 e. The molecule has 126 valence electrons. The van der Waals surface area contributed by atoms with Crippen LogP contribution in [0, 0.1) is 10.1 Å². The fourth-order valence-corrected chi connectivity index (χ4v) is 2.93. The maximum Gasteiger partial charge on any atom is 0.407 e. The van der Waals surface area contributed by atoms with E-state index in [1.54, 1.807) is 11.0 Å². The lowest BCUT2D eigenvalue weighted by atomic mass is 10.1. The molecule has 10 heteroatoms. The van der Waals surface area contributed by atoms with Crippen molar-refractivity contribution in [1.29, 1.82) is 0 Å². The van der Waals surface area contributed by atoms with Gasteiger partial charge in [0.25, 0.3) is 0 Å². The van der Waals surface area contributed by atoms with Gasteiger partial charge in [0.15, 0.2) is 0 Å². The number of anilines is 1. The molecule has 2 N–H and O–H groups in total. The first-order valence-electron chi connectivity index (χ1n) is 7.25. The van der Waals surface area contributed by atoms with Crippen molar-refractivity contribution in [1.82, 2.24) is 14.9 Å². The molecule has 2 aromatic rings. The molecular formula is C14H15N5O5. The monoisotopic (exact) mass is 333 g/mol. The van der Waals surface area contributed by atoms with Crippen LogP contribution < -0.4 is 4.90 Å². The first-order valence-corrected chi connectivity index (χ1v) is 7.25. The highest BCUT2D eigenvalue weighted by Crippen LogP contribution is 2.36. The molecule has 0 saturated carbocycles. The molecule has 1 unspecified atom stereocenters. The van der Waals surface area contributed by atoms with E-state index in [1.807, 2.05) is 0 Å². The Balaban J connectivity index is 2.12. The Labute approximate surface area is 136 Å². The van der Waals surface area contributed by atoms with Gasteiger partial charge in [-0.2, -0.15) is 0 Å². The van der Waals surface area contributed by atoms with Crippen LogP contribution >= 0.6 is 0 Å². The Kier molecular flexibility index (Phi) is 4.13. The molecule has 0 aromatic carbocycles. The Hall–Kier alpha value is -3.01. The summed E-state index contributed by atoms with van der Waals surface area (Å²) in [7, 11) is 0. The lowest BCUT2D eigenvalue weighted by Gasteiger charge is -2.40. The van der Waals surface area contributed by atoms with E-state index in [9.17, 15) is 20.0 Å². The largest absolute Gasteiger partial charge is 0.465 e. The molecular weight excluding hydrogens is 318 g/mol. The predicted molar refractivity (Wildman–Crippen MR) is 84.0 cm³/mol. The molecule has 1 amide bonds. The van der Waals surface area contributed by atoms with Crippen molar-refractivity contribution in [3.05, 3.63) is 34.8 Å². The summed E-state index contributed by atoms with van der Waals surface area (Å²) in [5, 5.41) is 30.8. The molecule has 1 saturated heterocycles. The number of hydrogen-bond acceptors (Lipinski definition) is 7. The molecule has 0 spiro atoms. The van der Waals surface area contributed by atoms with Crippen LogP contribution in [0.3, 0.4) is 0 Å². The van der Waals surface area contributed by atoms with E-state index in [-0.39, 0.29) is 31.9 Å². The number of pyridine rings is 2. The molecule has 1 aliphatic rings.